The number of anilines is 2. The first kappa shape index (κ1) is 17.9. The molecule has 3 aromatic rings. The summed E-state index contributed by atoms with van der Waals surface area (Å²) in [6.07, 6.45) is 3.44. The Balaban J connectivity index is 1.99. The van der Waals surface area contributed by atoms with Crippen LogP contribution < -0.4 is 10.2 Å². The number of hydrogen-bond acceptors (Lipinski definition) is 5. The topological polar surface area (TPSA) is 78.4 Å². The number of carbonyl (C=O) groups is 1. The number of nitrogens with zero attached hydrogens (tertiary/aromatic N) is 3. The van der Waals surface area contributed by atoms with Crippen molar-refractivity contribution in [2.45, 2.75) is 26.3 Å². The second-order valence-corrected chi connectivity index (χ2v) is 7.63. The van der Waals surface area contributed by atoms with E-state index in [2.05, 4.69) is 15.3 Å². The van der Waals surface area contributed by atoms with Gasteiger partial charge in [-0.15, -0.1) is 11.3 Å². The minimum Gasteiger partial charge on any atom is -0.508 e. The zero-order valence-corrected chi connectivity index (χ0v) is 15.6. The smallest absolute Gasteiger partial charge is 0.328 e. The molecule has 26 heavy (non-hydrogen) atoms. The molecule has 0 bridgehead atoms. The molecule has 1 aromatic carbocycles. The molecule has 0 spiro atoms. The summed E-state index contributed by atoms with van der Waals surface area (Å²) in [5.74, 6) is 0.139. The Kier molecular flexibility index (Phi) is 4.90. The summed E-state index contributed by atoms with van der Waals surface area (Å²) < 4.78 is 0. The van der Waals surface area contributed by atoms with Crippen LogP contribution in [-0.4, -0.2) is 26.6 Å². The van der Waals surface area contributed by atoms with Gasteiger partial charge in [-0.1, -0.05) is 0 Å². The maximum atomic E-state index is 12.9. The molecule has 134 valence electrons. The number of phenols is 1. The van der Waals surface area contributed by atoms with E-state index in [1.807, 2.05) is 38.3 Å². The molecule has 0 saturated heterocycles. The molecule has 0 unspecified atom stereocenters. The highest BCUT2D eigenvalue weighted by Crippen LogP contribution is 2.33. The average Bonchev–Trinajstić information content (AvgIpc) is 3.06. The number of aromatic hydroxyl groups is 1. The molecule has 6 nitrogen and oxygen atoms in total. The van der Waals surface area contributed by atoms with Crippen LogP contribution in [0.4, 0.5) is 15.6 Å². The van der Waals surface area contributed by atoms with Crippen molar-refractivity contribution in [1.29, 1.82) is 0 Å². The van der Waals surface area contributed by atoms with Crippen LogP contribution in [0.5, 0.6) is 5.75 Å². The Hall–Kier alpha value is -2.93. The van der Waals surface area contributed by atoms with Crippen LogP contribution in [0.15, 0.2) is 54.2 Å². The monoisotopic (exact) mass is 368 g/mol. The van der Waals surface area contributed by atoms with Gasteiger partial charge in [-0.2, -0.15) is 0 Å². The van der Waals surface area contributed by atoms with Gasteiger partial charge < -0.3 is 10.4 Å². The first-order valence-electron chi connectivity index (χ1n) is 8.11. The molecule has 2 aromatic heterocycles. The lowest BCUT2D eigenvalue weighted by Crippen LogP contribution is -2.47. The van der Waals surface area contributed by atoms with E-state index < -0.39 is 5.54 Å². The standard InChI is InChI=1S/C19H20N4O2S/c1-19(2,3)22-17(25)23(14-6-8-15(24)9-7-14)18-21-16(12-26-18)13-5-4-10-20-11-13/h4-12,24H,1-3H3,(H,22,25). The maximum absolute atomic E-state index is 12.9. The highest BCUT2D eigenvalue weighted by atomic mass is 32.1. The lowest BCUT2D eigenvalue weighted by atomic mass is 10.1. The number of amides is 2. The molecular formula is C19H20N4O2S. The van der Waals surface area contributed by atoms with E-state index in [0.717, 1.165) is 11.3 Å². The van der Waals surface area contributed by atoms with Crippen molar-refractivity contribution in [3.05, 3.63) is 54.2 Å². The predicted molar refractivity (Wildman–Crippen MR) is 104 cm³/mol. The predicted octanol–water partition coefficient (Wildman–Crippen LogP) is 4.56. The van der Waals surface area contributed by atoms with Gasteiger partial charge in [0.2, 0.25) is 0 Å². The number of hydrogen-bond donors (Lipinski definition) is 2. The van der Waals surface area contributed by atoms with E-state index in [0.29, 0.717) is 10.8 Å². The van der Waals surface area contributed by atoms with E-state index in [4.69, 9.17) is 0 Å². The molecule has 2 heterocycles. The lowest BCUT2D eigenvalue weighted by molar-refractivity contribution is 0.240. The Bertz CT molecular complexity index is 886. The molecular weight excluding hydrogens is 348 g/mol. The minimum atomic E-state index is -0.393. The summed E-state index contributed by atoms with van der Waals surface area (Å²) in [7, 11) is 0. The van der Waals surface area contributed by atoms with Crippen molar-refractivity contribution in [2.75, 3.05) is 4.90 Å². The molecule has 0 radical (unpaired) electrons. The third kappa shape index (κ3) is 4.18. The number of nitrogens with one attached hydrogen (secondary N) is 1. The Morgan fingerprint density at radius 1 is 1.19 bits per heavy atom. The summed E-state index contributed by atoms with van der Waals surface area (Å²) in [6, 6.07) is 9.94. The molecule has 3 rings (SSSR count). The third-order valence-electron chi connectivity index (χ3n) is 3.43. The number of pyridine rings is 1. The summed E-state index contributed by atoms with van der Waals surface area (Å²) in [5, 5.41) is 14.9. The number of urea groups is 1. The van der Waals surface area contributed by atoms with Crippen molar-refractivity contribution in [2.24, 2.45) is 0 Å². The molecule has 0 aliphatic carbocycles. The zero-order valence-electron chi connectivity index (χ0n) is 14.8. The van der Waals surface area contributed by atoms with Crippen molar-refractivity contribution < 1.29 is 9.90 Å². The van der Waals surface area contributed by atoms with Gasteiger partial charge in [-0.3, -0.25) is 4.98 Å². The van der Waals surface area contributed by atoms with Gasteiger partial charge >= 0.3 is 6.03 Å². The van der Waals surface area contributed by atoms with Crippen LogP contribution in [0.2, 0.25) is 0 Å². The van der Waals surface area contributed by atoms with E-state index in [1.54, 1.807) is 36.7 Å². The number of aromatic nitrogens is 2. The van der Waals surface area contributed by atoms with Crippen molar-refractivity contribution in [3.8, 4) is 17.0 Å². The van der Waals surface area contributed by atoms with Gasteiger partial charge in [0.05, 0.1) is 11.4 Å². The number of rotatable bonds is 3. The van der Waals surface area contributed by atoms with Gasteiger partial charge in [0.25, 0.3) is 0 Å². The minimum absolute atomic E-state index is 0.139. The van der Waals surface area contributed by atoms with Crippen LogP contribution in [0, 0.1) is 0 Å². The van der Waals surface area contributed by atoms with Crippen LogP contribution >= 0.6 is 11.3 Å². The number of phenolic OH excluding ortho intramolecular Hbond substituents is 1. The third-order valence-corrected chi connectivity index (χ3v) is 4.26. The first-order chi connectivity index (χ1) is 12.3. The molecule has 2 N–H and O–H groups in total. The van der Waals surface area contributed by atoms with E-state index in [1.165, 1.54) is 16.2 Å². The van der Waals surface area contributed by atoms with Crippen molar-refractivity contribution >= 4 is 28.2 Å². The second-order valence-electron chi connectivity index (χ2n) is 6.79. The van der Waals surface area contributed by atoms with Crippen LogP contribution in [0.25, 0.3) is 11.3 Å². The fourth-order valence-electron chi connectivity index (χ4n) is 2.31. The van der Waals surface area contributed by atoms with Gasteiger partial charge in [0.1, 0.15) is 5.75 Å². The molecule has 7 heteroatoms. The molecule has 0 aliphatic heterocycles. The number of thiazole rings is 1. The molecule has 0 fully saturated rings. The van der Waals surface area contributed by atoms with Crippen molar-refractivity contribution in [1.82, 2.24) is 15.3 Å². The molecule has 0 aliphatic rings. The maximum Gasteiger partial charge on any atom is 0.328 e. The second kappa shape index (κ2) is 7.13. The van der Waals surface area contributed by atoms with E-state index >= 15 is 0 Å². The largest absolute Gasteiger partial charge is 0.508 e. The summed E-state index contributed by atoms with van der Waals surface area (Å²) in [5.41, 5.74) is 1.87. The average molecular weight is 368 g/mol. The van der Waals surface area contributed by atoms with E-state index in [-0.39, 0.29) is 11.8 Å². The summed E-state index contributed by atoms with van der Waals surface area (Å²) in [4.78, 5) is 23.1. The molecule has 2 amide bonds. The quantitative estimate of drug-likeness (QED) is 0.710. The Labute approximate surface area is 156 Å². The molecule has 0 atom stereocenters. The van der Waals surface area contributed by atoms with Crippen LogP contribution in [0.1, 0.15) is 20.8 Å². The summed E-state index contributed by atoms with van der Waals surface area (Å²) in [6.45, 7) is 5.76. The van der Waals surface area contributed by atoms with Crippen LogP contribution in [-0.2, 0) is 0 Å². The number of benzene rings is 1. The Morgan fingerprint density at radius 3 is 2.54 bits per heavy atom. The summed E-state index contributed by atoms with van der Waals surface area (Å²) >= 11 is 1.37. The SMILES string of the molecule is CC(C)(C)NC(=O)N(c1ccc(O)cc1)c1nc(-c2cccnc2)cs1. The van der Waals surface area contributed by atoms with Crippen LogP contribution in [0.3, 0.4) is 0 Å². The van der Waals surface area contributed by atoms with E-state index in [9.17, 15) is 9.90 Å². The van der Waals surface area contributed by atoms with Crippen molar-refractivity contribution in [3.63, 3.8) is 0 Å². The lowest BCUT2D eigenvalue weighted by Gasteiger charge is -2.27. The Morgan fingerprint density at radius 2 is 1.92 bits per heavy atom. The first-order valence-corrected chi connectivity index (χ1v) is 8.99. The normalized spacial score (nSPS) is 11.2. The number of carbonyl (C=O) groups excluding carboxylic acids is 1. The highest BCUT2D eigenvalue weighted by molar-refractivity contribution is 7.14. The fraction of sp³-hybridized carbons (Fsp3) is 0.211. The van der Waals surface area contributed by atoms with Gasteiger partial charge in [0, 0.05) is 28.9 Å². The van der Waals surface area contributed by atoms with Gasteiger partial charge in [0.15, 0.2) is 5.13 Å². The van der Waals surface area contributed by atoms with Gasteiger partial charge in [-0.25, -0.2) is 14.7 Å². The zero-order chi connectivity index (χ0) is 18.7. The highest BCUT2D eigenvalue weighted by Gasteiger charge is 2.25. The molecule has 0 saturated carbocycles. The van der Waals surface area contributed by atoms with Gasteiger partial charge in [-0.05, 0) is 57.2 Å². The fourth-order valence-corrected chi connectivity index (χ4v) is 3.16.